The SMILES string of the molecule is Cc1ccc(C(=O)O)c(C(N)=O)c1C. The molecule has 0 radical (unpaired) electrons. The largest absolute Gasteiger partial charge is 0.478 e. The van der Waals surface area contributed by atoms with E-state index in [9.17, 15) is 9.59 Å². The number of benzene rings is 1. The van der Waals surface area contributed by atoms with E-state index in [1.54, 1.807) is 19.9 Å². The van der Waals surface area contributed by atoms with Gasteiger partial charge in [0.15, 0.2) is 0 Å². The molecule has 0 saturated heterocycles. The van der Waals surface area contributed by atoms with E-state index in [4.69, 9.17) is 10.8 Å². The maximum absolute atomic E-state index is 11.1. The third kappa shape index (κ3) is 1.59. The van der Waals surface area contributed by atoms with E-state index in [0.29, 0.717) is 5.56 Å². The van der Waals surface area contributed by atoms with Crippen LogP contribution in [0.1, 0.15) is 31.8 Å². The van der Waals surface area contributed by atoms with Crippen molar-refractivity contribution in [1.82, 2.24) is 0 Å². The molecular formula is C10H11NO3. The van der Waals surface area contributed by atoms with Crippen LogP contribution in [0, 0.1) is 13.8 Å². The lowest BCUT2D eigenvalue weighted by molar-refractivity contribution is 0.0692. The summed E-state index contributed by atoms with van der Waals surface area (Å²) in [6, 6.07) is 3.05. The number of hydrogen-bond acceptors (Lipinski definition) is 2. The zero-order chi connectivity index (χ0) is 10.9. The van der Waals surface area contributed by atoms with Gasteiger partial charge in [-0.2, -0.15) is 0 Å². The average Bonchev–Trinajstić information content (AvgIpc) is 2.08. The highest BCUT2D eigenvalue weighted by atomic mass is 16.4. The van der Waals surface area contributed by atoms with Crippen molar-refractivity contribution in [2.75, 3.05) is 0 Å². The topological polar surface area (TPSA) is 80.4 Å². The number of rotatable bonds is 2. The summed E-state index contributed by atoms with van der Waals surface area (Å²) < 4.78 is 0. The fraction of sp³-hybridized carbons (Fsp3) is 0.200. The molecule has 74 valence electrons. The van der Waals surface area contributed by atoms with E-state index in [1.165, 1.54) is 6.07 Å². The van der Waals surface area contributed by atoms with Crippen LogP contribution in [0.25, 0.3) is 0 Å². The Labute approximate surface area is 81.3 Å². The summed E-state index contributed by atoms with van der Waals surface area (Å²) in [7, 11) is 0. The van der Waals surface area contributed by atoms with E-state index in [0.717, 1.165) is 5.56 Å². The van der Waals surface area contributed by atoms with Crippen LogP contribution in [0.2, 0.25) is 0 Å². The Hall–Kier alpha value is -1.84. The van der Waals surface area contributed by atoms with Gasteiger partial charge in [-0.15, -0.1) is 0 Å². The minimum absolute atomic E-state index is 0.0411. The smallest absolute Gasteiger partial charge is 0.336 e. The molecule has 4 nitrogen and oxygen atoms in total. The second kappa shape index (κ2) is 3.49. The molecule has 0 aliphatic carbocycles. The minimum atomic E-state index is -1.14. The number of carboxylic acid groups (broad SMARTS) is 1. The van der Waals surface area contributed by atoms with E-state index in [1.807, 2.05) is 0 Å². The standard InChI is InChI=1S/C10H11NO3/c1-5-3-4-7(10(13)14)8(6(5)2)9(11)12/h3-4H,1-2H3,(H2,11,12)(H,13,14). The van der Waals surface area contributed by atoms with Crippen molar-refractivity contribution in [3.63, 3.8) is 0 Å². The first-order valence-corrected chi connectivity index (χ1v) is 4.08. The predicted octanol–water partition coefficient (Wildman–Crippen LogP) is 1.10. The fourth-order valence-corrected chi connectivity index (χ4v) is 1.31. The molecule has 0 aliphatic heterocycles. The van der Waals surface area contributed by atoms with Crippen LogP contribution in [0.15, 0.2) is 12.1 Å². The zero-order valence-corrected chi connectivity index (χ0v) is 8.00. The molecule has 0 aliphatic rings. The number of aryl methyl sites for hydroxylation is 1. The average molecular weight is 193 g/mol. The normalized spacial score (nSPS) is 9.86. The Bertz CT molecular complexity index is 410. The van der Waals surface area contributed by atoms with Gasteiger partial charge in [-0.25, -0.2) is 4.79 Å². The monoisotopic (exact) mass is 193 g/mol. The van der Waals surface area contributed by atoms with Gasteiger partial charge in [0.1, 0.15) is 0 Å². The number of carbonyl (C=O) groups is 2. The van der Waals surface area contributed by atoms with E-state index < -0.39 is 11.9 Å². The molecule has 0 bridgehead atoms. The Morgan fingerprint density at radius 3 is 2.29 bits per heavy atom. The Balaban J connectivity index is 3.53. The molecule has 0 heterocycles. The molecule has 0 unspecified atom stereocenters. The van der Waals surface area contributed by atoms with Crippen LogP contribution in [-0.4, -0.2) is 17.0 Å². The van der Waals surface area contributed by atoms with E-state index in [-0.39, 0.29) is 11.1 Å². The van der Waals surface area contributed by atoms with Crippen LogP contribution in [0.3, 0.4) is 0 Å². The molecule has 4 heteroatoms. The number of hydrogen-bond donors (Lipinski definition) is 2. The highest BCUT2D eigenvalue weighted by molar-refractivity contribution is 6.05. The quantitative estimate of drug-likeness (QED) is 0.738. The van der Waals surface area contributed by atoms with Crippen molar-refractivity contribution < 1.29 is 14.7 Å². The molecule has 0 saturated carbocycles. The molecule has 0 aromatic heterocycles. The second-order valence-corrected chi connectivity index (χ2v) is 3.10. The van der Waals surface area contributed by atoms with Crippen molar-refractivity contribution in [1.29, 1.82) is 0 Å². The molecular weight excluding hydrogens is 182 g/mol. The highest BCUT2D eigenvalue weighted by Gasteiger charge is 2.17. The number of amides is 1. The maximum atomic E-state index is 11.1. The van der Waals surface area contributed by atoms with Gasteiger partial charge in [-0.1, -0.05) is 6.07 Å². The molecule has 0 fully saturated rings. The first-order valence-electron chi connectivity index (χ1n) is 4.08. The molecule has 0 spiro atoms. The van der Waals surface area contributed by atoms with E-state index in [2.05, 4.69) is 0 Å². The molecule has 1 rings (SSSR count). The summed E-state index contributed by atoms with van der Waals surface area (Å²) in [4.78, 5) is 21.8. The number of carbonyl (C=O) groups excluding carboxylic acids is 1. The van der Waals surface area contributed by atoms with Crippen molar-refractivity contribution >= 4 is 11.9 Å². The number of primary amides is 1. The highest BCUT2D eigenvalue weighted by Crippen LogP contribution is 2.17. The van der Waals surface area contributed by atoms with Crippen molar-refractivity contribution in [2.45, 2.75) is 13.8 Å². The number of aromatic carboxylic acids is 1. The van der Waals surface area contributed by atoms with Gasteiger partial charge in [0.25, 0.3) is 0 Å². The van der Waals surface area contributed by atoms with Crippen molar-refractivity contribution in [3.05, 3.63) is 34.4 Å². The van der Waals surface area contributed by atoms with Gasteiger partial charge in [0.2, 0.25) is 5.91 Å². The summed E-state index contributed by atoms with van der Waals surface area (Å²) in [5.74, 6) is -1.84. The Morgan fingerprint density at radius 2 is 1.86 bits per heavy atom. The molecule has 14 heavy (non-hydrogen) atoms. The molecule has 1 aromatic carbocycles. The predicted molar refractivity (Wildman–Crippen MR) is 51.4 cm³/mol. The Kier molecular flexibility index (Phi) is 2.56. The molecule has 0 atom stereocenters. The van der Waals surface area contributed by atoms with Crippen molar-refractivity contribution in [2.24, 2.45) is 5.73 Å². The van der Waals surface area contributed by atoms with Gasteiger partial charge < -0.3 is 10.8 Å². The van der Waals surface area contributed by atoms with Crippen LogP contribution in [0.5, 0.6) is 0 Å². The van der Waals surface area contributed by atoms with Crippen LogP contribution < -0.4 is 5.73 Å². The lowest BCUT2D eigenvalue weighted by atomic mass is 9.97. The summed E-state index contributed by atoms with van der Waals surface area (Å²) in [5.41, 5.74) is 6.65. The lowest BCUT2D eigenvalue weighted by Gasteiger charge is -2.08. The molecule has 1 aromatic rings. The minimum Gasteiger partial charge on any atom is -0.478 e. The zero-order valence-electron chi connectivity index (χ0n) is 8.00. The first-order chi connectivity index (χ1) is 6.45. The third-order valence-corrected chi connectivity index (χ3v) is 2.21. The summed E-state index contributed by atoms with van der Waals surface area (Å²) >= 11 is 0. The molecule has 1 amide bonds. The summed E-state index contributed by atoms with van der Waals surface area (Å²) in [5, 5.41) is 8.82. The summed E-state index contributed by atoms with van der Waals surface area (Å²) in [6.07, 6.45) is 0. The number of nitrogens with two attached hydrogens (primary N) is 1. The Morgan fingerprint density at radius 1 is 1.29 bits per heavy atom. The van der Waals surface area contributed by atoms with Crippen molar-refractivity contribution in [3.8, 4) is 0 Å². The lowest BCUT2D eigenvalue weighted by Crippen LogP contribution is -2.18. The number of carboxylic acids is 1. The van der Waals surface area contributed by atoms with E-state index >= 15 is 0 Å². The van der Waals surface area contributed by atoms with Crippen LogP contribution in [-0.2, 0) is 0 Å². The third-order valence-electron chi connectivity index (χ3n) is 2.21. The van der Waals surface area contributed by atoms with Gasteiger partial charge in [-0.05, 0) is 31.0 Å². The van der Waals surface area contributed by atoms with Gasteiger partial charge in [0.05, 0.1) is 11.1 Å². The van der Waals surface area contributed by atoms with Gasteiger partial charge in [0, 0.05) is 0 Å². The summed E-state index contributed by atoms with van der Waals surface area (Å²) in [6.45, 7) is 3.48. The van der Waals surface area contributed by atoms with Gasteiger partial charge in [-0.3, -0.25) is 4.79 Å². The second-order valence-electron chi connectivity index (χ2n) is 3.10. The first kappa shape index (κ1) is 10.2. The van der Waals surface area contributed by atoms with Crippen LogP contribution >= 0.6 is 0 Å². The molecule has 3 N–H and O–H groups in total. The van der Waals surface area contributed by atoms with Gasteiger partial charge >= 0.3 is 5.97 Å². The fourth-order valence-electron chi connectivity index (χ4n) is 1.31. The maximum Gasteiger partial charge on any atom is 0.336 e. The van der Waals surface area contributed by atoms with Crippen LogP contribution in [0.4, 0.5) is 0 Å².